The van der Waals surface area contributed by atoms with E-state index in [1.807, 2.05) is 45.0 Å². The monoisotopic (exact) mass is 381 g/mol. The predicted molar refractivity (Wildman–Crippen MR) is 107 cm³/mol. The van der Waals surface area contributed by atoms with Crippen LogP contribution in [-0.4, -0.2) is 35.3 Å². The Balaban J connectivity index is 0.00000338. The first-order valence-electron chi connectivity index (χ1n) is 9.33. The molecule has 5 nitrogen and oxygen atoms in total. The van der Waals surface area contributed by atoms with Crippen LogP contribution in [0.5, 0.6) is 0 Å². The van der Waals surface area contributed by atoms with Gasteiger partial charge in [-0.2, -0.15) is 0 Å². The molecule has 2 amide bonds. The summed E-state index contributed by atoms with van der Waals surface area (Å²) >= 11 is 0. The van der Waals surface area contributed by atoms with Crippen molar-refractivity contribution in [2.75, 3.05) is 13.1 Å². The van der Waals surface area contributed by atoms with Gasteiger partial charge in [-0.05, 0) is 51.3 Å². The van der Waals surface area contributed by atoms with Crippen LogP contribution in [0, 0.1) is 5.92 Å². The highest BCUT2D eigenvalue weighted by Crippen LogP contribution is 2.31. The molecule has 6 heteroatoms. The lowest BCUT2D eigenvalue weighted by Crippen LogP contribution is -2.52. The average molecular weight is 382 g/mol. The SMILES string of the molecule is CCN(CC)C(=O)c1ccc(CNC(=O)C2CCCCC2(C)N)cc1.Cl. The summed E-state index contributed by atoms with van der Waals surface area (Å²) in [5.41, 5.74) is 7.55. The molecule has 1 aromatic rings. The first-order chi connectivity index (χ1) is 11.9. The molecule has 0 bridgehead atoms. The van der Waals surface area contributed by atoms with E-state index in [9.17, 15) is 9.59 Å². The van der Waals surface area contributed by atoms with Crippen LogP contribution in [0.3, 0.4) is 0 Å². The fourth-order valence-corrected chi connectivity index (χ4v) is 3.56. The van der Waals surface area contributed by atoms with Gasteiger partial charge in [-0.15, -0.1) is 12.4 Å². The number of benzene rings is 1. The fraction of sp³-hybridized carbons (Fsp3) is 0.600. The van der Waals surface area contributed by atoms with E-state index in [0.29, 0.717) is 25.2 Å². The zero-order valence-electron chi connectivity index (χ0n) is 16.1. The molecule has 26 heavy (non-hydrogen) atoms. The molecule has 0 saturated heterocycles. The van der Waals surface area contributed by atoms with Crippen LogP contribution in [0.15, 0.2) is 24.3 Å². The van der Waals surface area contributed by atoms with Gasteiger partial charge in [0.2, 0.25) is 5.91 Å². The van der Waals surface area contributed by atoms with Gasteiger partial charge < -0.3 is 16.0 Å². The summed E-state index contributed by atoms with van der Waals surface area (Å²) in [6.07, 6.45) is 3.91. The molecule has 0 radical (unpaired) electrons. The fourth-order valence-electron chi connectivity index (χ4n) is 3.56. The Hall–Kier alpha value is -1.59. The van der Waals surface area contributed by atoms with E-state index in [0.717, 1.165) is 31.2 Å². The van der Waals surface area contributed by atoms with Crippen molar-refractivity contribution in [3.8, 4) is 0 Å². The van der Waals surface area contributed by atoms with Crippen molar-refractivity contribution in [3.63, 3.8) is 0 Å². The van der Waals surface area contributed by atoms with Gasteiger partial charge in [0.1, 0.15) is 0 Å². The molecule has 1 aliphatic rings. The van der Waals surface area contributed by atoms with Gasteiger partial charge in [0.15, 0.2) is 0 Å². The van der Waals surface area contributed by atoms with Crippen LogP contribution >= 0.6 is 12.4 Å². The van der Waals surface area contributed by atoms with E-state index in [-0.39, 0.29) is 30.1 Å². The number of nitrogens with one attached hydrogen (secondary N) is 1. The van der Waals surface area contributed by atoms with Crippen LogP contribution in [0.25, 0.3) is 0 Å². The largest absolute Gasteiger partial charge is 0.352 e. The molecule has 0 aliphatic heterocycles. The minimum absolute atomic E-state index is 0. The van der Waals surface area contributed by atoms with Gasteiger partial charge in [-0.3, -0.25) is 9.59 Å². The number of carbonyl (C=O) groups is 2. The Morgan fingerprint density at radius 1 is 1.19 bits per heavy atom. The third-order valence-electron chi connectivity index (χ3n) is 5.29. The first-order valence-corrected chi connectivity index (χ1v) is 9.33. The van der Waals surface area contributed by atoms with Crippen LogP contribution in [0.1, 0.15) is 62.4 Å². The molecule has 0 heterocycles. The van der Waals surface area contributed by atoms with E-state index in [1.165, 1.54) is 0 Å². The second-order valence-corrected chi connectivity index (χ2v) is 7.20. The van der Waals surface area contributed by atoms with Crippen molar-refractivity contribution < 1.29 is 9.59 Å². The van der Waals surface area contributed by atoms with E-state index in [2.05, 4.69) is 5.32 Å². The summed E-state index contributed by atoms with van der Waals surface area (Å²) in [6, 6.07) is 7.46. The third-order valence-corrected chi connectivity index (χ3v) is 5.29. The number of nitrogens with zero attached hydrogens (tertiary/aromatic N) is 1. The molecule has 1 saturated carbocycles. The quantitative estimate of drug-likeness (QED) is 0.794. The van der Waals surface area contributed by atoms with E-state index in [1.54, 1.807) is 4.90 Å². The zero-order chi connectivity index (χ0) is 18.4. The molecule has 3 N–H and O–H groups in total. The Morgan fingerprint density at radius 2 is 1.81 bits per heavy atom. The zero-order valence-corrected chi connectivity index (χ0v) is 16.9. The minimum Gasteiger partial charge on any atom is -0.352 e. The van der Waals surface area contributed by atoms with Crippen LogP contribution in [0.4, 0.5) is 0 Å². The maximum atomic E-state index is 12.5. The Kier molecular flexibility index (Phi) is 8.57. The van der Waals surface area contributed by atoms with Gasteiger partial charge in [-0.1, -0.05) is 25.0 Å². The summed E-state index contributed by atoms with van der Waals surface area (Å²) < 4.78 is 0. The maximum absolute atomic E-state index is 12.5. The van der Waals surface area contributed by atoms with Crippen LogP contribution in [0.2, 0.25) is 0 Å². The summed E-state index contributed by atoms with van der Waals surface area (Å²) in [7, 11) is 0. The Bertz CT molecular complexity index is 598. The lowest BCUT2D eigenvalue weighted by Gasteiger charge is -2.37. The molecule has 0 aromatic heterocycles. The smallest absolute Gasteiger partial charge is 0.253 e. The van der Waals surface area contributed by atoms with Crippen LogP contribution in [-0.2, 0) is 11.3 Å². The number of rotatable bonds is 6. The van der Waals surface area contributed by atoms with Crippen molar-refractivity contribution in [2.24, 2.45) is 11.7 Å². The van der Waals surface area contributed by atoms with Crippen molar-refractivity contribution in [3.05, 3.63) is 35.4 Å². The number of carbonyl (C=O) groups excluding carboxylic acids is 2. The van der Waals surface area contributed by atoms with E-state index < -0.39 is 5.54 Å². The molecule has 0 spiro atoms. The summed E-state index contributed by atoms with van der Waals surface area (Å²) in [6.45, 7) is 7.79. The Labute approximate surface area is 163 Å². The number of hydrogen-bond donors (Lipinski definition) is 2. The van der Waals surface area contributed by atoms with Gasteiger partial charge in [0.05, 0.1) is 5.92 Å². The maximum Gasteiger partial charge on any atom is 0.253 e. The highest BCUT2D eigenvalue weighted by Gasteiger charge is 2.37. The van der Waals surface area contributed by atoms with Crippen molar-refractivity contribution >= 4 is 24.2 Å². The minimum atomic E-state index is -0.414. The topological polar surface area (TPSA) is 75.4 Å². The Morgan fingerprint density at radius 3 is 2.35 bits per heavy atom. The third kappa shape index (κ3) is 5.45. The molecule has 1 aromatic carbocycles. The molecular weight excluding hydrogens is 350 g/mol. The molecule has 2 atom stereocenters. The molecule has 2 rings (SSSR count). The van der Waals surface area contributed by atoms with Gasteiger partial charge >= 0.3 is 0 Å². The summed E-state index contributed by atoms with van der Waals surface area (Å²) in [5, 5.41) is 3.00. The number of amides is 2. The molecule has 2 unspecified atom stereocenters. The van der Waals surface area contributed by atoms with Crippen LogP contribution < -0.4 is 11.1 Å². The average Bonchev–Trinajstić information content (AvgIpc) is 2.60. The number of nitrogens with two attached hydrogens (primary N) is 1. The van der Waals surface area contributed by atoms with E-state index >= 15 is 0 Å². The lowest BCUT2D eigenvalue weighted by molar-refractivity contribution is -0.128. The summed E-state index contributed by atoms with van der Waals surface area (Å²) in [4.78, 5) is 26.6. The summed E-state index contributed by atoms with van der Waals surface area (Å²) in [5.74, 6) is -0.0422. The molecule has 146 valence electrons. The second-order valence-electron chi connectivity index (χ2n) is 7.20. The number of halogens is 1. The standard InChI is InChI=1S/C20H31N3O2.ClH/c1-4-23(5-2)19(25)16-11-9-15(10-12-16)14-22-18(24)17-8-6-7-13-20(17,3)21;/h9-12,17H,4-8,13-14,21H2,1-3H3,(H,22,24);1H. The molecular formula is C20H32ClN3O2. The van der Waals surface area contributed by atoms with E-state index in [4.69, 9.17) is 5.73 Å². The van der Waals surface area contributed by atoms with Crippen molar-refractivity contribution in [1.82, 2.24) is 10.2 Å². The second kappa shape index (κ2) is 9.93. The van der Waals surface area contributed by atoms with Gasteiger partial charge in [0, 0.05) is 30.7 Å². The number of hydrogen-bond acceptors (Lipinski definition) is 3. The van der Waals surface area contributed by atoms with Gasteiger partial charge in [-0.25, -0.2) is 0 Å². The molecule has 1 fully saturated rings. The predicted octanol–water partition coefficient (Wildman–Crippen LogP) is 3.11. The highest BCUT2D eigenvalue weighted by atomic mass is 35.5. The van der Waals surface area contributed by atoms with Gasteiger partial charge in [0.25, 0.3) is 5.91 Å². The highest BCUT2D eigenvalue weighted by molar-refractivity contribution is 5.94. The first kappa shape index (κ1) is 22.5. The normalized spacial score (nSPS) is 22.2. The lowest BCUT2D eigenvalue weighted by atomic mass is 9.74. The van der Waals surface area contributed by atoms with Crippen molar-refractivity contribution in [2.45, 2.75) is 58.5 Å². The van der Waals surface area contributed by atoms with Crippen molar-refractivity contribution in [1.29, 1.82) is 0 Å². The molecule has 1 aliphatic carbocycles.